The van der Waals surface area contributed by atoms with Crippen LogP contribution in [-0.4, -0.2) is 5.78 Å². The van der Waals surface area contributed by atoms with Crippen molar-refractivity contribution in [3.8, 4) is 6.07 Å². The van der Waals surface area contributed by atoms with Crippen LogP contribution in [0, 0.1) is 11.3 Å². The summed E-state index contributed by atoms with van der Waals surface area (Å²) in [6.45, 7) is 0. The van der Waals surface area contributed by atoms with Gasteiger partial charge >= 0.3 is 0 Å². The molecule has 0 bridgehead atoms. The molecule has 0 N–H and O–H groups in total. The van der Waals surface area contributed by atoms with E-state index in [0.717, 1.165) is 0 Å². The molecule has 1 aromatic heterocycles. The molecule has 2 rings (SSSR count). The second kappa shape index (κ2) is 4.45. The van der Waals surface area contributed by atoms with E-state index in [9.17, 15) is 4.79 Å². The zero-order chi connectivity index (χ0) is 11.4. The number of hydrogen-bond donors (Lipinski definition) is 0. The minimum absolute atomic E-state index is 0.218. The standard InChI is InChI=1S/C13H9NO2/c14-9-11(10-5-2-1-3-6-10)13(15)12-7-4-8-16-12/h1-8,11H. The number of ketones is 1. The summed E-state index contributed by atoms with van der Waals surface area (Å²) in [6.07, 6.45) is 1.42. The van der Waals surface area contributed by atoms with Gasteiger partial charge in [0.15, 0.2) is 5.76 Å². The monoisotopic (exact) mass is 211 g/mol. The summed E-state index contributed by atoms with van der Waals surface area (Å²) in [5.74, 6) is -0.888. The molecule has 0 radical (unpaired) electrons. The Morgan fingerprint density at radius 2 is 1.94 bits per heavy atom. The molecule has 0 saturated heterocycles. The minimum atomic E-state index is -0.799. The smallest absolute Gasteiger partial charge is 0.219 e. The van der Waals surface area contributed by atoms with Gasteiger partial charge in [-0.3, -0.25) is 4.79 Å². The first-order valence-electron chi connectivity index (χ1n) is 4.85. The molecule has 3 heteroatoms. The summed E-state index contributed by atoms with van der Waals surface area (Å²) in [7, 11) is 0. The van der Waals surface area contributed by atoms with Gasteiger partial charge in [0.2, 0.25) is 5.78 Å². The second-order valence-electron chi connectivity index (χ2n) is 3.31. The molecule has 0 spiro atoms. The normalized spacial score (nSPS) is 11.7. The summed E-state index contributed by atoms with van der Waals surface area (Å²) in [6, 6.07) is 14.2. The summed E-state index contributed by atoms with van der Waals surface area (Å²) in [5.41, 5.74) is 0.686. The molecular weight excluding hydrogens is 202 g/mol. The van der Waals surface area contributed by atoms with E-state index in [1.54, 1.807) is 36.4 Å². The maximum absolute atomic E-state index is 11.9. The summed E-state index contributed by atoms with van der Waals surface area (Å²) in [5, 5.41) is 9.04. The third-order valence-corrected chi connectivity index (χ3v) is 2.29. The first-order valence-corrected chi connectivity index (χ1v) is 4.85. The lowest BCUT2D eigenvalue weighted by Gasteiger charge is -2.05. The number of nitrogens with zero attached hydrogens (tertiary/aromatic N) is 1. The Balaban J connectivity index is 2.32. The third kappa shape index (κ3) is 1.86. The van der Waals surface area contributed by atoms with Crippen LogP contribution in [0.15, 0.2) is 53.1 Å². The van der Waals surface area contributed by atoms with Crippen molar-refractivity contribution in [2.24, 2.45) is 0 Å². The molecule has 1 heterocycles. The average molecular weight is 211 g/mol. The number of benzene rings is 1. The van der Waals surface area contributed by atoms with Gasteiger partial charge in [0, 0.05) is 0 Å². The summed E-state index contributed by atoms with van der Waals surface area (Å²) < 4.78 is 5.00. The van der Waals surface area contributed by atoms with Gasteiger partial charge in [0.25, 0.3) is 0 Å². The van der Waals surface area contributed by atoms with E-state index in [1.165, 1.54) is 6.26 Å². The number of carbonyl (C=O) groups excluding carboxylic acids is 1. The number of hydrogen-bond acceptors (Lipinski definition) is 3. The van der Waals surface area contributed by atoms with Crippen LogP contribution in [0.2, 0.25) is 0 Å². The van der Waals surface area contributed by atoms with E-state index in [1.807, 2.05) is 12.1 Å². The molecule has 16 heavy (non-hydrogen) atoms. The molecule has 0 aliphatic rings. The molecule has 1 atom stereocenters. The number of carbonyl (C=O) groups is 1. The molecular formula is C13H9NO2. The van der Waals surface area contributed by atoms with Crippen LogP contribution in [0.4, 0.5) is 0 Å². The highest BCUT2D eigenvalue weighted by atomic mass is 16.3. The molecule has 0 amide bonds. The fourth-order valence-corrected chi connectivity index (χ4v) is 1.49. The highest BCUT2D eigenvalue weighted by Gasteiger charge is 2.23. The maximum atomic E-state index is 11.9. The molecule has 78 valence electrons. The lowest BCUT2D eigenvalue weighted by molar-refractivity contribution is 0.0952. The summed E-state index contributed by atoms with van der Waals surface area (Å²) in [4.78, 5) is 11.9. The van der Waals surface area contributed by atoms with Crippen molar-refractivity contribution < 1.29 is 9.21 Å². The zero-order valence-electron chi connectivity index (χ0n) is 8.46. The predicted octanol–water partition coefficient (Wildman–Crippen LogP) is 2.77. The molecule has 1 aromatic carbocycles. The Bertz CT molecular complexity index is 509. The maximum Gasteiger partial charge on any atom is 0.219 e. The number of nitriles is 1. The van der Waals surface area contributed by atoms with E-state index < -0.39 is 5.92 Å². The Morgan fingerprint density at radius 3 is 2.50 bits per heavy atom. The van der Waals surface area contributed by atoms with E-state index in [0.29, 0.717) is 5.56 Å². The predicted molar refractivity (Wildman–Crippen MR) is 57.8 cm³/mol. The van der Waals surface area contributed by atoms with Crippen LogP contribution >= 0.6 is 0 Å². The molecule has 1 unspecified atom stereocenters. The number of Topliss-reactive ketones (excluding diaryl/α,β-unsaturated/α-hetero) is 1. The lowest BCUT2D eigenvalue weighted by Crippen LogP contribution is -2.10. The average Bonchev–Trinajstić information content (AvgIpc) is 2.85. The topological polar surface area (TPSA) is 54.0 Å². The number of rotatable bonds is 3. The van der Waals surface area contributed by atoms with Crippen LogP contribution < -0.4 is 0 Å². The fourth-order valence-electron chi connectivity index (χ4n) is 1.49. The quantitative estimate of drug-likeness (QED) is 0.733. The van der Waals surface area contributed by atoms with E-state index >= 15 is 0 Å². The molecule has 0 fully saturated rings. The van der Waals surface area contributed by atoms with Crippen molar-refractivity contribution in [2.45, 2.75) is 5.92 Å². The Morgan fingerprint density at radius 1 is 1.19 bits per heavy atom. The number of furan rings is 1. The van der Waals surface area contributed by atoms with Crippen LogP contribution in [0.5, 0.6) is 0 Å². The first-order chi connectivity index (χ1) is 7.83. The van der Waals surface area contributed by atoms with Crippen molar-refractivity contribution in [3.05, 3.63) is 60.1 Å². The van der Waals surface area contributed by atoms with Crippen molar-refractivity contribution in [1.82, 2.24) is 0 Å². The van der Waals surface area contributed by atoms with Gasteiger partial charge < -0.3 is 4.42 Å². The third-order valence-electron chi connectivity index (χ3n) is 2.29. The Labute approximate surface area is 92.9 Å². The molecule has 2 aromatic rings. The largest absolute Gasteiger partial charge is 0.461 e. The SMILES string of the molecule is N#CC(C(=O)c1ccco1)c1ccccc1. The van der Waals surface area contributed by atoms with Gasteiger partial charge in [0.1, 0.15) is 5.92 Å². The van der Waals surface area contributed by atoms with Gasteiger partial charge in [0.05, 0.1) is 12.3 Å². The van der Waals surface area contributed by atoms with Gasteiger partial charge in [-0.2, -0.15) is 5.26 Å². The Kier molecular flexibility index (Phi) is 2.84. The van der Waals surface area contributed by atoms with Crippen molar-refractivity contribution in [1.29, 1.82) is 5.26 Å². The van der Waals surface area contributed by atoms with Crippen molar-refractivity contribution >= 4 is 5.78 Å². The molecule has 0 saturated carbocycles. The molecule has 0 aliphatic carbocycles. The van der Waals surface area contributed by atoms with Gasteiger partial charge in [-0.15, -0.1) is 0 Å². The van der Waals surface area contributed by atoms with Crippen LogP contribution in [0.25, 0.3) is 0 Å². The van der Waals surface area contributed by atoms with E-state index in [4.69, 9.17) is 9.68 Å². The van der Waals surface area contributed by atoms with Crippen LogP contribution in [0.3, 0.4) is 0 Å². The van der Waals surface area contributed by atoms with E-state index in [-0.39, 0.29) is 11.5 Å². The second-order valence-corrected chi connectivity index (χ2v) is 3.31. The van der Waals surface area contributed by atoms with Crippen LogP contribution in [-0.2, 0) is 0 Å². The Hall–Kier alpha value is -2.34. The highest BCUT2D eigenvalue weighted by Crippen LogP contribution is 2.20. The van der Waals surface area contributed by atoms with Gasteiger partial charge in [-0.25, -0.2) is 0 Å². The first kappa shape index (κ1) is 10.2. The fraction of sp³-hybridized carbons (Fsp3) is 0.0769. The minimum Gasteiger partial charge on any atom is -0.461 e. The van der Waals surface area contributed by atoms with Gasteiger partial charge in [-0.05, 0) is 17.7 Å². The molecule has 0 aliphatic heterocycles. The van der Waals surface area contributed by atoms with Gasteiger partial charge in [-0.1, -0.05) is 30.3 Å². The van der Waals surface area contributed by atoms with Crippen molar-refractivity contribution in [2.75, 3.05) is 0 Å². The summed E-state index contributed by atoms with van der Waals surface area (Å²) >= 11 is 0. The zero-order valence-corrected chi connectivity index (χ0v) is 8.46. The highest BCUT2D eigenvalue weighted by molar-refractivity contribution is 6.00. The van der Waals surface area contributed by atoms with Crippen LogP contribution in [0.1, 0.15) is 22.0 Å². The molecule has 3 nitrogen and oxygen atoms in total. The van der Waals surface area contributed by atoms with E-state index in [2.05, 4.69) is 0 Å². The lowest BCUT2D eigenvalue weighted by atomic mass is 9.95. The van der Waals surface area contributed by atoms with Crippen molar-refractivity contribution in [3.63, 3.8) is 0 Å².